The summed E-state index contributed by atoms with van der Waals surface area (Å²) in [5, 5.41) is 13.0. The van der Waals surface area contributed by atoms with E-state index in [9.17, 15) is 19.2 Å². The van der Waals surface area contributed by atoms with E-state index in [4.69, 9.17) is 4.74 Å². The summed E-state index contributed by atoms with van der Waals surface area (Å²) < 4.78 is 23.3. The molecule has 1 aromatic carbocycles. The molecule has 3 aliphatic heterocycles. The maximum absolute atomic E-state index is 16.4. The topological polar surface area (TPSA) is 145 Å². The Bertz CT molecular complexity index is 1940. The molecule has 0 spiro atoms. The highest BCUT2D eigenvalue weighted by Gasteiger charge is 2.41. The van der Waals surface area contributed by atoms with E-state index < -0.39 is 17.8 Å². The first-order valence-electron chi connectivity index (χ1n) is 18.2. The summed E-state index contributed by atoms with van der Waals surface area (Å²) in [6.45, 7) is 3.34. The lowest BCUT2D eigenvalue weighted by Gasteiger charge is -2.42. The number of nitrogens with one attached hydrogen (secondary N) is 3. The predicted molar refractivity (Wildman–Crippen MR) is 195 cm³/mol. The molecule has 3 saturated heterocycles. The summed E-state index contributed by atoms with van der Waals surface area (Å²) in [7, 11) is 4.93. The summed E-state index contributed by atoms with van der Waals surface area (Å²) in [5.41, 5.74) is 3.57. The average molecular weight is 715 g/mol. The fourth-order valence-electron chi connectivity index (χ4n) is 8.10. The number of carbonyl (C=O) groups excluding carboxylic acids is 3. The Morgan fingerprint density at radius 2 is 1.81 bits per heavy atom. The maximum atomic E-state index is 16.4. The number of aryl methyl sites for hydroxylation is 1. The zero-order chi connectivity index (χ0) is 36.6. The SMILES string of the molecule is COC1(F)C=C(c2cn(C)c(=O)c3[nH]ncc23)C=CC1CN1CCC(N(C)C(=O)N2CCC(c3ccc(NC4CCC(=O)NC4=O)cc3)CC2)CC1. The van der Waals surface area contributed by atoms with Gasteiger partial charge in [-0.15, -0.1) is 0 Å². The largest absolute Gasteiger partial charge is 0.374 e. The second-order valence-corrected chi connectivity index (χ2v) is 14.5. The first-order valence-corrected chi connectivity index (χ1v) is 18.2. The molecule has 4 aliphatic rings. The molecule has 7 rings (SSSR count). The van der Waals surface area contributed by atoms with Gasteiger partial charge in [0.05, 0.1) is 12.1 Å². The van der Waals surface area contributed by atoms with Crippen LogP contribution in [0, 0.1) is 5.92 Å². The van der Waals surface area contributed by atoms with Crippen LogP contribution in [0.5, 0.6) is 0 Å². The van der Waals surface area contributed by atoms with E-state index >= 15 is 4.39 Å². The van der Waals surface area contributed by atoms with Gasteiger partial charge in [0.2, 0.25) is 17.7 Å². The fraction of sp³-hybridized carbons (Fsp3) is 0.500. The number of hydrogen-bond acceptors (Lipinski definition) is 8. The summed E-state index contributed by atoms with van der Waals surface area (Å²) in [6.07, 6.45) is 12.7. The lowest BCUT2D eigenvalue weighted by Crippen LogP contribution is -2.52. The van der Waals surface area contributed by atoms with E-state index in [1.165, 1.54) is 23.3 Å². The van der Waals surface area contributed by atoms with Crippen molar-refractivity contribution < 1.29 is 23.5 Å². The lowest BCUT2D eigenvalue weighted by atomic mass is 9.87. The van der Waals surface area contributed by atoms with Crippen LogP contribution in [-0.2, 0) is 21.4 Å². The highest BCUT2D eigenvalue weighted by atomic mass is 19.2. The quantitative estimate of drug-likeness (QED) is 0.300. The van der Waals surface area contributed by atoms with Gasteiger partial charge in [0, 0.05) is 89.2 Å². The number of nitrogens with zero attached hydrogens (tertiary/aromatic N) is 5. The molecule has 0 saturated carbocycles. The molecule has 0 radical (unpaired) electrons. The van der Waals surface area contributed by atoms with Crippen molar-refractivity contribution in [2.24, 2.45) is 13.0 Å². The third kappa shape index (κ3) is 7.13. The number of piperidine rings is 3. The molecule has 3 atom stereocenters. The molecule has 5 heterocycles. The number of alkyl halides is 1. The molecule has 3 N–H and O–H groups in total. The normalized spacial score (nSPS) is 24.9. The standard InChI is InChI=1S/C38H47FN8O5/c1-44-23-31(30-21-40-43-34(30)36(44)50)26-4-7-27(38(39,20-26)52-3)22-46-16-14-29(15-17-46)45(2)37(51)47-18-12-25(13-19-47)24-5-8-28(9-6-24)41-32-10-11-33(48)42-35(32)49/h4-9,20-21,23,25,27,29,32,41H,10-19,22H2,1-3H3,(H,40,43)(H,42,48,49). The molecular formula is C38H47FN8O5. The average Bonchev–Trinajstić information content (AvgIpc) is 3.66. The summed E-state index contributed by atoms with van der Waals surface area (Å²) in [6, 6.07) is 7.88. The van der Waals surface area contributed by atoms with Crippen molar-refractivity contribution in [2.45, 2.75) is 62.4 Å². The minimum atomic E-state index is -2.03. The van der Waals surface area contributed by atoms with Crippen LogP contribution in [0.25, 0.3) is 16.5 Å². The number of likely N-dealkylation sites (tertiary alicyclic amines) is 2. The summed E-state index contributed by atoms with van der Waals surface area (Å²) in [5.74, 6) is -2.72. The van der Waals surface area contributed by atoms with Gasteiger partial charge in [0.1, 0.15) is 11.6 Å². The number of allylic oxidation sites excluding steroid dienone is 2. The van der Waals surface area contributed by atoms with Gasteiger partial charge in [0.15, 0.2) is 0 Å². The summed E-state index contributed by atoms with van der Waals surface area (Å²) in [4.78, 5) is 55.7. The van der Waals surface area contributed by atoms with Crippen molar-refractivity contribution in [1.82, 2.24) is 34.8 Å². The van der Waals surface area contributed by atoms with Crippen LogP contribution < -0.4 is 16.2 Å². The third-order valence-electron chi connectivity index (χ3n) is 11.4. The molecular weight excluding hydrogens is 667 g/mol. The number of aromatic nitrogens is 3. The Morgan fingerprint density at radius 3 is 2.50 bits per heavy atom. The van der Waals surface area contributed by atoms with Crippen LogP contribution in [0.2, 0.25) is 0 Å². The fourth-order valence-corrected chi connectivity index (χ4v) is 8.10. The number of fused-ring (bicyclic) bond motifs is 1. The number of carbonyl (C=O) groups is 3. The van der Waals surface area contributed by atoms with Crippen molar-refractivity contribution in [3.05, 3.63) is 76.4 Å². The van der Waals surface area contributed by atoms with Crippen molar-refractivity contribution in [1.29, 1.82) is 0 Å². The molecule has 0 bridgehead atoms. The van der Waals surface area contributed by atoms with E-state index in [1.54, 1.807) is 19.4 Å². The van der Waals surface area contributed by atoms with E-state index in [0.29, 0.717) is 60.4 Å². The number of ether oxygens (including phenoxy) is 1. The Labute approximate surface area is 301 Å². The third-order valence-corrected chi connectivity index (χ3v) is 11.4. The molecule has 3 unspecified atom stereocenters. The second-order valence-electron chi connectivity index (χ2n) is 14.5. The van der Waals surface area contributed by atoms with Gasteiger partial charge in [0.25, 0.3) is 5.56 Å². The first kappa shape index (κ1) is 35.6. The minimum absolute atomic E-state index is 0.0564. The minimum Gasteiger partial charge on any atom is -0.374 e. The molecule has 3 fully saturated rings. The zero-order valence-corrected chi connectivity index (χ0v) is 29.9. The number of amides is 4. The highest BCUT2D eigenvalue weighted by molar-refractivity contribution is 6.01. The van der Waals surface area contributed by atoms with E-state index in [-0.39, 0.29) is 29.4 Å². The number of imide groups is 1. The summed E-state index contributed by atoms with van der Waals surface area (Å²) >= 11 is 0. The van der Waals surface area contributed by atoms with Gasteiger partial charge in [-0.1, -0.05) is 24.3 Å². The number of urea groups is 1. The van der Waals surface area contributed by atoms with E-state index in [1.807, 2.05) is 41.1 Å². The van der Waals surface area contributed by atoms with Crippen LogP contribution in [0.1, 0.15) is 55.6 Å². The molecule has 276 valence electrons. The molecule has 3 aromatic rings. The van der Waals surface area contributed by atoms with Crippen LogP contribution in [0.4, 0.5) is 14.9 Å². The molecule has 4 amide bonds. The lowest BCUT2D eigenvalue weighted by molar-refractivity contribution is -0.133. The van der Waals surface area contributed by atoms with Crippen molar-refractivity contribution in [3.8, 4) is 0 Å². The second kappa shape index (κ2) is 14.7. The van der Waals surface area contributed by atoms with Gasteiger partial charge in [-0.25, -0.2) is 9.18 Å². The number of methoxy groups -OCH3 is 1. The van der Waals surface area contributed by atoms with Crippen molar-refractivity contribution in [2.75, 3.05) is 52.2 Å². The number of hydrogen-bond donors (Lipinski definition) is 3. The van der Waals surface area contributed by atoms with Gasteiger partial charge in [-0.2, -0.15) is 5.10 Å². The number of H-pyrrole nitrogens is 1. The monoisotopic (exact) mass is 714 g/mol. The van der Waals surface area contributed by atoms with Gasteiger partial charge in [-0.3, -0.25) is 24.8 Å². The van der Waals surface area contributed by atoms with E-state index in [0.717, 1.165) is 44.5 Å². The van der Waals surface area contributed by atoms with Crippen LogP contribution in [0.15, 0.2) is 59.7 Å². The number of anilines is 1. The molecule has 2 aromatic heterocycles. The first-order chi connectivity index (χ1) is 25.0. The molecule has 13 nitrogen and oxygen atoms in total. The van der Waals surface area contributed by atoms with Crippen molar-refractivity contribution >= 4 is 40.0 Å². The highest BCUT2D eigenvalue weighted by Crippen LogP contribution is 2.38. The maximum Gasteiger partial charge on any atom is 0.319 e. The Hall–Kier alpha value is -4.82. The number of pyridine rings is 1. The smallest absolute Gasteiger partial charge is 0.319 e. The Balaban J connectivity index is 0.884. The van der Waals surface area contributed by atoms with Crippen LogP contribution >= 0.6 is 0 Å². The van der Waals surface area contributed by atoms with Crippen LogP contribution in [0.3, 0.4) is 0 Å². The number of halogens is 1. The predicted octanol–water partition coefficient (Wildman–Crippen LogP) is 3.76. The Kier molecular flexibility index (Phi) is 10.0. The molecule has 14 heteroatoms. The van der Waals surface area contributed by atoms with Crippen molar-refractivity contribution in [3.63, 3.8) is 0 Å². The number of benzene rings is 1. The van der Waals surface area contributed by atoms with E-state index in [2.05, 4.69) is 37.9 Å². The Morgan fingerprint density at radius 1 is 1.08 bits per heavy atom. The van der Waals surface area contributed by atoms with Gasteiger partial charge >= 0.3 is 6.03 Å². The number of rotatable bonds is 8. The van der Waals surface area contributed by atoms with Crippen LogP contribution in [-0.4, -0.2) is 112 Å². The number of aromatic amines is 1. The van der Waals surface area contributed by atoms with Gasteiger partial charge in [-0.05, 0) is 67.4 Å². The molecule has 1 aliphatic carbocycles. The zero-order valence-electron chi connectivity index (χ0n) is 29.9. The molecule has 52 heavy (non-hydrogen) atoms. The van der Waals surface area contributed by atoms with Gasteiger partial charge < -0.3 is 29.3 Å².